The Bertz CT molecular complexity index is 692. The van der Waals surface area contributed by atoms with Crippen LogP contribution < -0.4 is 11.0 Å². The van der Waals surface area contributed by atoms with Crippen molar-refractivity contribution in [3.05, 3.63) is 41.3 Å². The molecule has 18 heavy (non-hydrogen) atoms. The summed E-state index contributed by atoms with van der Waals surface area (Å²) in [6.45, 7) is 3.41. The van der Waals surface area contributed by atoms with Gasteiger partial charge in [-0.2, -0.15) is 0 Å². The third-order valence-corrected chi connectivity index (χ3v) is 3.08. The predicted molar refractivity (Wildman–Crippen MR) is 69.7 cm³/mol. The summed E-state index contributed by atoms with van der Waals surface area (Å²) < 4.78 is 1.76. The summed E-state index contributed by atoms with van der Waals surface area (Å²) in [4.78, 5) is 25.9. The molecule has 5 nitrogen and oxygen atoms in total. The van der Waals surface area contributed by atoms with E-state index in [1.54, 1.807) is 16.7 Å². The van der Waals surface area contributed by atoms with Crippen LogP contribution in [-0.4, -0.2) is 15.5 Å². The van der Waals surface area contributed by atoms with Crippen molar-refractivity contribution in [2.75, 3.05) is 5.32 Å². The van der Waals surface area contributed by atoms with E-state index in [0.717, 1.165) is 23.9 Å². The minimum absolute atomic E-state index is 0.0836. The van der Waals surface area contributed by atoms with Crippen LogP contribution in [0.25, 0.3) is 11.0 Å². The lowest BCUT2D eigenvalue weighted by molar-refractivity contribution is -0.111. The van der Waals surface area contributed by atoms with Crippen LogP contribution in [0.2, 0.25) is 0 Å². The SMILES string of the molecule is C=CC(=O)Nc1ccc2[nH]c(=O)n(C3CC3)c2c1. The van der Waals surface area contributed by atoms with Gasteiger partial charge in [0.25, 0.3) is 0 Å². The first-order chi connectivity index (χ1) is 8.69. The second-order valence-corrected chi connectivity index (χ2v) is 4.46. The number of carbonyl (C=O) groups excluding carboxylic acids is 1. The smallest absolute Gasteiger partial charge is 0.322 e. The minimum atomic E-state index is -0.259. The first-order valence-corrected chi connectivity index (χ1v) is 5.87. The Morgan fingerprint density at radius 3 is 2.94 bits per heavy atom. The molecule has 1 fully saturated rings. The maximum atomic E-state index is 11.8. The Hall–Kier alpha value is -2.30. The molecule has 92 valence electrons. The van der Waals surface area contributed by atoms with Crippen LogP contribution in [0.5, 0.6) is 0 Å². The first-order valence-electron chi connectivity index (χ1n) is 5.87. The van der Waals surface area contributed by atoms with Gasteiger partial charge in [-0.1, -0.05) is 6.58 Å². The van der Waals surface area contributed by atoms with Crippen LogP contribution in [0, 0.1) is 0 Å². The summed E-state index contributed by atoms with van der Waals surface area (Å²) >= 11 is 0. The van der Waals surface area contributed by atoms with Crippen LogP contribution in [0.4, 0.5) is 5.69 Å². The van der Waals surface area contributed by atoms with Crippen molar-refractivity contribution >= 4 is 22.6 Å². The number of H-pyrrole nitrogens is 1. The third-order valence-electron chi connectivity index (χ3n) is 3.08. The Kier molecular flexibility index (Phi) is 2.33. The Labute approximate surface area is 103 Å². The number of benzene rings is 1. The number of hydrogen-bond acceptors (Lipinski definition) is 2. The molecule has 5 heteroatoms. The number of aromatic nitrogens is 2. The zero-order valence-corrected chi connectivity index (χ0v) is 9.77. The van der Waals surface area contributed by atoms with Crippen LogP contribution in [0.3, 0.4) is 0 Å². The van der Waals surface area contributed by atoms with E-state index in [4.69, 9.17) is 0 Å². The normalized spacial score (nSPS) is 14.7. The Balaban J connectivity index is 2.09. The summed E-state index contributed by atoms with van der Waals surface area (Å²) in [5, 5.41) is 2.69. The molecule has 0 aliphatic heterocycles. The van der Waals surface area contributed by atoms with Crippen LogP contribution in [0.1, 0.15) is 18.9 Å². The van der Waals surface area contributed by atoms with E-state index in [1.165, 1.54) is 6.08 Å². The fraction of sp³-hybridized carbons (Fsp3) is 0.231. The summed E-state index contributed by atoms with van der Waals surface area (Å²) in [6, 6.07) is 5.68. The molecule has 1 aromatic carbocycles. The summed E-state index contributed by atoms with van der Waals surface area (Å²) in [7, 11) is 0. The summed E-state index contributed by atoms with van der Waals surface area (Å²) in [5.41, 5.74) is 2.22. The highest BCUT2D eigenvalue weighted by Crippen LogP contribution is 2.36. The molecule has 1 aliphatic rings. The van der Waals surface area contributed by atoms with Gasteiger partial charge in [0.1, 0.15) is 0 Å². The van der Waals surface area contributed by atoms with Gasteiger partial charge in [0.15, 0.2) is 0 Å². The number of imidazole rings is 1. The molecule has 0 unspecified atom stereocenters. The lowest BCUT2D eigenvalue weighted by Crippen LogP contribution is -2.15. The Morgan fingerprint density at radius 2 is 2.28 bits per heavy atom. The molecule has 0 saturated heterocycles. The van der Waals surface area contributed by atoms with Gasteiger partial charge < -0.3 is 10.3 Å². The van der Waals surface area contributed by atoms with Gasteiger partial charge >= 0.3 is 5.69 Å². The highest BCUT2D eigenvalue weighted by Gasteiger charge is 2.27. The van der Waals surface area contributed by atoms with Gasteiger partial charge in [0.2, 0.25) is 5.91 Å². The van der Waals surface area contributed by atoms with Crippen molar-refractivity contribution in [2.45, 2.75) is 18.9 Å². The van der Waals surface area contributed by atoms with Crippen LogP contribution in [-0.2, 0) is 4.79 Å². The molecule has 0 radical (unpaired) electrons. The van der Waals surface area contributed by atoms with Gasteiger partial charge in [-0.3, -0.25) is 9.36 Å². The van der Waals surface area contributed by atoms with E-state index in [-0.39, 0.29) is 11.6 Å². The second kappa shape index (κ2) is 3.87. The third kappa shape index (κ3) is 1.73. The number of hydrogen-bond donors (Lipinski definition) is 2. The summed E-state index contributed by atoms with van der Waals surface area (Å²) in [6.07, 6.45) is 3.29. The zero-order valence-electron chi connectivity index (χ0n) is 9.77. The van der Waals surface area contributed by atoms with Crippen molar-refractivity contribution in [3.8, 4) is 0 Å². The molecule has 2 N–H and O–H groups in total. The highest BCUT2D eigenvalue weighted by atomic mass is 16.2. The molecule has 1 aliphatic carbocycles. The molecule has 1 aromatic heterocycles. The monoisotopic (exact) mass is 243 g/mol. The maximum Gasteiger partial charge on any atom is 0.326 e. The van der Waals surface area contributed by atoms with Crippen molar-refractivity contribution in [3.63, 3.8) is 0 Å². The molecule has 2 aromatic rings. The highest BCUT2D eigenvalue weighted by molar-refractivity contribution is 6.00. The van der Waals surface area contributed by atoms with E-state index in [2.05, 4.69) is 16.9 Å². The minimum Gasteiger partial charge on any atom is -0.322 e. The zero-order chi connectivity index (χ0) is 12.7. The van der Waals surface area contributed by atoms with Gasteiger partial charge in [-0.05, 0) is 37.1 Å². The van der Waals surface area contributed by atoms with Gasteiger partial charge in [-0.15, -0.1) is 0 Å². The number of anilines is 1. The average molecular weight is 243 g/mol. The van der Waals surface area contributed by atoms with Crippen LogP contribution >= 0.6 is 0 Å². The molecule has 3 rings (SSSR count). The molecule has 0 bridgehead atoms. The number of fused-ring (bicyclic) bond motifs is 1. The Morgan fingerprint density at radius 1 is 1.50 bits per heavy atom. The van der Waals surface area contributed by atoms with Crippen molar-refractivity contribution < 1.29 is 4.79 Å². The standard InChI is InChI=1S/C13H13N3O2/c1-2-12(17)14-8-3-6-10-11(7-8)16(9-4-5-9)13(18)15-10/h2-3,6-7,9H,1,4-5H2,(H,14,17)(H,15,18). The van der Waals surface area contributed by atoms with E-state index < -0.39 is 0 Å². The number of amides is 1. The maximum absolute atomic E-state index is 11.8. The predicted octanol–water partition coefficient (Wildman–Crippen LogP) is 1.79. The molecule has 1 amide bonds. The fourth-order valence-corrected chi connectivity index (χ4v) is 2.09. The number of aromatic amines is 1. The second-order valence-electron chi connectivity index (χ2n) is 4.46. The van der Waals surface area contributed by atoms with Gasteiger partial charge in [0.05, 0.1) is 11.0 Å². The van der Waals surface area contributed by atoms with Crippen molar-refractivity contribution in [1.29, 1.82) is 0 Å². The molecular formula is C13H13N3O2. The number of nitrogens with zero attached hydrogens (tertiary/aromatic N) is 1. The first kappa shape index (κ1) is 10.8. The van der Waals surface area contributed by atoms with Gasteiger partial charge in [0, 0.05) is 11.7 Å². The number of nitrogens with one attached hydrogen (secondary N) is 2. The molecule has 0 spiro atoms. The number of rotatable bonds is 3. The van der Waals surface area contributed by atoms with Crippen molar-refractivity contribution in [1.82, 2.24) is 9.55 Å². The lowest BCUT2D eigenvalue weighted by Gasteiger charge is -2.04. The molecular weight excluding hydrogens is 230 g/mol. The quantitative estimate of drug-likeness (QED) is 0.807. The molecule has 1 saturated carbocycles. The van der Waals surface area contributed by atoms with E-state index >= 15 is 0 Å². The molecule has 1 heterocycles. The van der Waals surface area contributed by atoms with Crippen molar-refractivity contribution in [2.24, 2.45) is 0 Å². The van der Waals surface area contributed by atoms with E-state index in [0.29, 0.717) is 11.7 Å². The topological polar surface area (TPSA) is 66.9 Å². The summed E-state index contributed by atoms with van der Waals surface area (Å²) in [5.74, 6) is -0.259. The fourth-order valence-electron chi connectivity index (χ4n) is 2.09. The van der Waals surface area contributed by atoms with Gasteiger partial charge in [-0.25, -0.2) is 4.79 Å². The largest absolute Gasteiger partial charge is 0.326 e. The molecule has 0 atom stereocenters. The lowest BCUT2D eigenvalue weighted by atomic mass is 10.2. The average Bonchev–Trinajstić information content (AvgIpc) is 3.12. The van der Waals surface area contributed by atoms with Crippen LogP contribution in [0.15, 0.2) is 35.6 Å². The number of carbonyl (C=O) groups is 1. The van der Waals surface area contributed by atoms with E-state index in [1.807, 2.05) is 6.07 Å². The van der Waals surface area contributed by atoms with E-state index in [9.17, 15) is 9.59 Å².